The molecule has 0 N–H and O–H groups in total. The van der Waals surface area contributed by atoms with Crippen molar-refractivity contribution in [2.45, 2.75) is 127 Å². The van der Waals surface area contributed by atoms with Crippen molar-refractivity contribution in [1.29, 1.82) is 0 Å². The number of unbranched alkanes of at least 4 members (excludes halogenated alkanes) is 7. The van der Waals surface area contributed by atoms with E-state index < -0.39 is 0 Å². The predicted molar refractivity (Wildman–Crippen MR) is 133 cm³/mol. The van der Waals surface area contributed by atoms with E-state index in [2.05, 4.69) is 43.0 Å². The van der Waals surface area contributed by atoms with Crippen LogP contribution in [0.3, 0.4) is 0 Å². The maximum atomic E-state index is 6.43. The molecule has 0 aromatic heterocycles. The van der Waals surface area contributed by atoms with Gasteiger partial charge < -0.3 is 0 Å². The minimum Gasteiger partial charge on any atom is -0.300 e. The van der Waals surface area contributed by atoms with E-state index in [0.717, 1.165) is 18.4 Å². The van der Waals surface area contributed by atoms with Crippen LogP contribution in [0.4, 0.5) is 0 Å². The Balaban J connectivity index is 1.50. The van der Waals surface area contributed by atoms with Crippen LogP contribution in [-0.4, -0.2) is 29.4 Å². The van der Waals surface area contributed by atoms with Crippen LogP contribution in [0.25, 0.3) is 0 Å². The van der Waals surface area contributed by atoms with Gasteiger partial charge in [-0.2, -0.15) is 0 Å². The third kappa shape index (κ3) is 7.56. The normalized spacial score (nSPS) is 26.3. The molecule has 2 aliphatic carbocycles. The van der Waals surface area contributed by atoms with E-state index in [0.29, 0.717) is 11.3 Å². The number of nitrogens with zero attached hydrogens (tertiary/aromatic N) is 1. The fourth-order valence-electron chi connectivity index (χ4n) is 5.50. The summed E-state index contributed by atoms with van der Waals surface area (Å²) in [4.78, 5) is 2.85. The Kier molecular flexibility index (Phi) is 10.5. The third-order valence-electron chi connectivity index (χ3n) is 7.52. The van der Waals surface area contributed by atoms with Crippen LogP contribution in [0.2, 0.25) is 0 Å². The zero-order valence-corrected chi connectivity index (χ0v) is 20.5. The molecule has 2 heteroatoms. The van der Waals surface area contributed by atoms with Gasteiger partial charge in [0.05, 0.1) is 0 Å². The van der Waals surface area contributed by atoms with E-state index in [4.69, 9.17) is 11.6 Å². The van der Waals surface area contributed by atoms with Crippen LogP contribution >= 0.6 is 11.6 Å². The average Bonchev–Trinajstić information content (AvgIpc) is 3.56. The third-order valence-corrected chi connectivity index (χ3v) is 7.92. The molecule has 30 heavy (non-hydrogen) atoms. The maximum Gasteiger partial charge on any atom is 0.0341 e. The van der Waals surface area contributed by atoms with Crippen molar-refractivity contribution in [1.82, 2.24) is 4.90 Å². The van der Waals surface area contributed by atoms with Crippen molar-refractivity contribution in [3.63, 3.8) is 0 Å². The number of benzene rings is 1. The molecule has 0 bridgehead atoms. The molecule has 0 amide bonds. The summed E-state index contributed by atoms with van der Waals surface area (Å²) >= 11 is 6.43. The lowest BCUT2D eigenvalue weighted by Gasteiger charge is -2.26. The van der Waals surface area contributed by atoms with E-state index in [1.165, 1.54) is 102 Å². The van der Waals surface area contributed by atoms with Crippen LogP contribution in [0.15, 0.2) is 24.3 Å². The molecular formula is C28H46ClN. The molecule has 0 aliphatic heterocycles. The lowest BCUT2D eigenvalue weighted by molar-refractivity contribution is 0.246. The second-order valence-electron chi connectivity index (χ2n) is 10.0. The van der Waals surface area contributed by atoms with Gasteiger partial charge in [-0.15, -0.1) is 11.6 Å². The summed E-state index contributed by atoms with van der Waals surface area (Å²) in [5, 5.41) is 0.384. The Bertz CT molecular complexity index is 583. The Morgan fingerprint density at radius 2 is 1.37 bits per heavy atom. The standard InChI is InChI=1S/C28H46ClN/c1-3-5-7-9-11-20-30(19-10-8-6-4-2)28-22-27(28)24-17-15-23(16-18-24)25-13-12-14-26(29)21-25/h15-18,25-28H,3-14,19-22H2,1-2H3. The molecule has 0 radical (unpaired) electrons. The highest BCUT2D eigenvalue weighted by Crippen LogP contribution is 2.45. The minimum atomic E-state index is 0.384. The fourth-order valence-corrected chi connectivity index (χ4v) is 5.86. The first-order valence-corrected chi connectivity index (χ1v) is 13.6. The van der Waals surface area contributed by atoms with Crippen LogP contribution in [-0.2, 0) is 0 Å². The van der Waals surface area contributed by atoms with Crippen molar-refractivity contribution >= 4 is 11.6 Å². The average molecular weight is 432 g/mol. The molecule has 2 fully saturated rings. The van der Waals surface area contributed by atoms with E-state index in [1.807, 2.05) is 0 Å². The highest BCUT2D eigenvalue weighted by molar-refractivity contribution is 6.20. The Labute approximate surface area is 192 Å². The highest BCUT2D eigenvalue weighted by atomic mass is 35.5. The molecule has 1 aromatic carbocycles. The van der Waals surface area contributed by atoms with Gasteiger partial charge in [0.2, 0.25) is 0 Å². The van der Waals surface area contributed by atoms with Gasteiger partial charge in [0.25, 0.3) is 0 Å². The number of hydrogen-bond acceptors (Lipinski definition) is 1. The molecule has 0 saturated heterocycles. The summed E-state index contributed by atoms with van der Waals surface area (Å²) in [5.41, 5.74) is 3.10. The van der Waals surface area contributed by atoms with Crippen molar-refractivity contribution in [3.05, 3.63) is 35.4 Å². The van der Waals surface area contributed by atoms with Crippen molar-refractivity contribution in [3.8, 4) is 0 Å². The van der Waals surface area contributed by atoms with Gasteiger partial charge in [-0.3, -0.25) is 4.90 Å². The zero-order valence-electron chi connectivity index (χ0n) is 19.8. The molecular weight excluding hydrogens is 386 g/mol. The minimum absolute atomic E-state index is 0.384. The molecule has 2 aliphatic rings. The second-order valence-corrected chi connectivity index (χ2v) is 10.7. The zero-order chi connectivity index (χ0) is 21.2. The summed E-state index contributed by atoms with van der Waals surface area (Å²) in [6, 6.07) is 10.5. The number of rotatable bonds is 14. The van der Waals surface area contributed by atoms with Crippen LogP contribution < -0.4 is 0 Å². The smallest absolute Gasteiger partial charge is 0.0341 e. The predicted octanol–water partition coefficient (Wildman–Crippen LogP) is 8.66. The Morgan fingerprint density at radius 3 is 2.00 bits per heavy atom. The van der Waals surface area contributed by atoms with E-state index in [-0.39, 0.29) is 0 Å². The molecule has 3 rings (SSSR count). The van der Waals surface area contributed by atoms with Crippen LogP contribution in [0.1, 0.15) is 127 Å². The summed E-state index contributed by atoms with van der Waals surface area (Å²) < 4.78 is 0. The summed E-state index contributed by atoms with van der Waals surface area (Å²) in [5.74, 6) is 1.46. The van der Waals surface area contributed by atoms with Crippen molar-refractivity contribution in [2.24, 2.45) is 0 Å². The van der Waals surface area contributed by atoms with Gasteiger partial charge in [0.15, 0.2) is 0 Å². The summed E-state index contributed by atoms with van der Waals surface area (Å²) in [6.07, 6.45) is 18.8. The van der Waals surface area contributed by atoms with Gasteiger partial charge in [0, 0.05) is 17.3 Å². The molecule has 2 saturated carbocycles. The number of hydrogen-bond donors (Lipinski definition) is 0. The van der Waals surface area contributed by atoms with Gasteiger partial charge in [-0.25, -0.2) is 0 Å². The van der Waals surface area contributed by atoms with E-state index in [1.54, 1.807) is 5.56 Å². The number of halogens is 1. The van der Waals surface area contributed by atoms with Crippen LogP contribution in [0, 0.1) is 0 Å². The van der Waals surface area contributed by atoms with Crippen molar-refractivity contribution < 1.29 is 0 Å². The monoisotopic (exact) mass is 431 g/mol. The number of alkyl halides is 1. The lowest BCUT2D eigenvalue weighted by Crippen LogP contribution is -2.29. The second kappa shape index (κ2) is 13.1. The molecule has 4 unspecified atom stereocenters. The summed E-state index contributed by atoms with van der Waals surface area (Å²) in [7, 11) is 0. The first-order chi connectivity index (χ1) is 14.7. The van der Waals surface area contributed by atoms with Crippen LogP contribution in [0.5, 0.6) is 0 Å². The fraction of sp³-hybridized carbons (Fsp3) is 0.786. The van der Waals surface area contributed by atoms with E-state index in [9.17, 15) is 0 Å². The Hall–Kier alpha value is -0.530. The molecule has 0 spiro atoms. The van der Waals surface area contributed by atoms with Gasteiger partial charge >= 0.3 is 0 Å². The highest BCUT2D eigenvalue weighted by Gasteiger charge is 2.42. The van der Waals surface area contributed by atoms with Crippen molar-refractivity contribution in [2.75, 3.05) is 13.1 Å². The first kappa shape index (κ1) is 24.1. The van der Waals surface area contributed by atoms with E-state index >= 15 is 0 Å². The summed E-state index contributed by atoms with van der Waals surface area (Å²) in [6.45, 7) is 7.25. The molecule has 0 heterocycles. The maximum absolute atomic E-state index is 6.43. The SMILES string of the molecule is CCCCCCCN(CCCCCC)C1CC1c1ccc(C2CCCC(Cl)C2)cc1. The Morgan fingerprint density at radius 1 is 0.767 bits per heavy atom. The molecule has 1 nitrogen and oxygen atoms in total. The molecule has 170 valence electrons. The van der Waals surface area contributed by atoms with Gasteiger partial charge in [-0.05, 0) is 68.7 Å². The molecule has 4 atom stereocenters. The topological polar surface area (TPSA) is 3.24 Å². The van der Waals surface area contributed by atoms with Gasteiger partial charge in [-0.1, -0.05) is 89.5 Å². The lowest BCUT2D eigenvalue weighted by atomic mass is 9.83. The molecule has 1 aromatic rings. The first-order valence-electron chi connectivity index (χ1n) is 13.2. The van der Waals surface area contributed by atoms with Gasteiger partial charge in [0.1, 0.15) is 0 Å². The largest absolute Gasteiger partial charge is 0.300 e. The quantitative estimate of drug-likeness (QED) is 0.210.